The fraction of sp³-hybridized carbons (Fsp3) is 0.417. The molecule has 2 aromatic heterocycles. The molecule has 4 saturated heterocycles. The first kappa shape index (κ1) is 18.1. The van der Waals surface area contributed by atoms with Gasteiger partial charge in [0.1, 0.15) is 11.3 Å². The van der Waals surface area contributed by atoms with Crippen molar-refractivity contribution < 1.29 is 4.79 Å². The molecule has 4 aliphatic heterocycles. The quantitative estimate of drug-likeness (QED) is 0.729. The number of benzene rings is 1. The molecule has 154 valence electrons. The van der Waals surface area contributed by atoms with E-state index in [0.717, 1.165) is 50.6 Å². The van der Waals surface area contributed by atoms with Crippen molar-refractivity contribution in [3.8, 4) is 0 Å². The maximum Gasteiger partial charge on any atom is 0.271 e. The molecular weight excluding hydrogens is 374 g/mol. The summed E-state index contributed by atoms with van der Waals surface area (Å²) in [5.41, 5.74) is 3.65. The molecule has 0 spiro atoms. The van der Waals surface area contributed by atoms with Crippen LogP contribution in [0.1, 0.15) is 21.7 Å². The van der Waals surface area contributed by atoms with E-state index in [1.54, 1.807) is 0 Å². The number of pyridine rings is 1. The zero-order valence-electron chi connectivity index (χ0n) is 17.3. The number of hydrogen-bond acceptors (Lipinski definition) is 4. The zero-order chi connectivity index (χ0) is 20.3. The first-order valence-corrected chi connectivity index (χ1v) is 10.9. The maximum atomic E-state index is 13.4. The highest BCUT2D eigenvalue weighted by Crippen LogP contribution is 2.43. The molecule has 2 unspecified atom stereocenters. The second-order valence-electron chi connectivity index (χ2n) is 9.23. The van der Waals surface area contributed by atoms with Gasteiger partial charge in [0, 0.05) is 68.5 Å². The molecule has 1 N–H and O–H groups in total. The minimum Gasteiger partial charge on any atom is -0.347 e. The first-order valence-electron chi connectivity index (χ1n) is 10.9. The number of nitrogens with zero attached hydrogens (tertiary/aromatic N) is 4. The Morgan fingerprint density at radius 1 is 1.03 bits per heavy atom. The van der Waals surface area contributed by atoms with Crippen LogP contribution >= 0.6 is 0 Å². The molecule has 4 bridgehead atoms. The third-order valence-electron chi connectivity index (χ3n) is 7.36. The largest absolute Gasteiger partial charge is 0.347 e. The number of nitrogens with one attached hydrogen (secondary N) is 1. The van der Waals surface area contributed by atoms with E-state index in [1.807, 2.05) is 35.7 Å². The molecule has 0 radical (unpaired) electrons. The van der Waals surface area contributed by atoms with Gasteiger partial charge in [-0.25, -0.2) is 4.98 Å². The van der Waals surface area contributed by atoms with Gasteiger partial charge in [-0.3, -0.25) is 4.79 Å². The highest BCUT2D eigenvalue weighted by atomic mass is 16.2. The van der Waals surface area contributed by atoms with Crippen LogP contribution in [0.25, 0.3) is 5.65 Å². The average Bonchev–Trinajstić information content (AvgIpc) is 3.05. The van der Waals surface area contributed by atoms with Crippen molar-refractivity contribution >= 4 is 11.6 Å². The van der Waals surface area contributed by atoms with E-state index in [1.165, 1.54) is 5.56 Å². The third kappa shape index (κ3) is 2.71. The highest BCUT2D eigenvalue weighted by molar-refractivity contribution is 5.93. The molecular formula is C24H27N5O. The molecule has 30 heavy (non-hydrogen) atoms. The van der Waals surface area contributed by atoms with Crippen molar-refractivity contribution in [3.63, 3.8) is 0 Å². The number of carbonyl (C=O) groups excluding carboxylic acids is 1. The standard InChI is InChI=1S/C24H27N5O/c1-17-6-5-9-21-25-20(14-29(17)21)23(30)26-22-18-12-27-10-11-28(13-18)16-24(22,15-27)19-7-3-2-4-8-19/h2-9,14,18,22H,10-13,15-16H2,1H3,(H,26,30)/t18?,22-,24?/m1/s1. The fourth-order valence-corrected chi connectivity index (χ4v) is 6.04. The van der Waals surface area contributed by atoms with Crippen LogP contribution in [0.2, 0.25) is 0 Å². The first-order chi connectivity index (χ1) is 14.6. The molecule has 4 aliphatic rings. The summed E-state index contributed by atoms with van der Waals surface area (Å²) in [6, 6.07) is 16.9. The number of fused-ring (bicyclic) bond motifs is 2. The van der Waals surface area contributed by atoms with E-state index in [9.17, 15) is 4.79 Å². The Morgan fingerprint density at radius 2 is 1.77 bits per heavy atom. The number of aryl methyl sites for hydroxylation is 1. The van der Waals surface area contributed by atoms with Gasteiger partial charge in [0.25, 0.3) is 5.91 Å². The Hall–Kier alpha value is -2.70. The summed E-state index contributed by atoms with van der Waals surface area (Å²) in [5, 5.41) is 3.46. The van der Waals surface area contributed by atoms with Crippen molar-refractivity contribution in [2.45, 2.75) is 18.4 Å². The smallest absolute Gasteiger partial charge is 0.271 e. The Balaban J connectivity index is 1.38. The molecule has 0 saturated carbocycles. The number of carbonyl (C=O) groups is 1. The number of piperidine rings is 2. The number of amides is 1. The summed E-state index contributed by atoms with van der Waals surface area (Å²) < 4.78 is 1.99. The third-order valence-corrected chi connectivity index (χ3v) is 7.36. The molecule has 7 rings (SSSR count). The van der Waals surface area contributed by atoms with Crippen molar-refractivity contribution in [3.05, 3.63) is 71.7 Å². The van der Waals surface area contributed by atoms with Crippen LogP contribution in [0.15, 0.2) is 54.7 Å². The van der Waals surface area contributed by atoms with Crippen molar-refractivity contribution in [2.24, 2.45) is 5.92 Å². The van der Waals surface area contributed by atoms with Crippen LogP contribution in [-0.2, 0) is 5.41 Å². The van der Waals surface area contributed by atoms with Gasteiger partial charge in [0.15, 0.2) is 0 Å². The maximum absolute atomic E-state index is 13.4. The van der Waals surface area contributed by atoms with E-state index < -0.39 is 0 Å². The topological polar surface area (TPSA) is 52.9 Å². The normalized spacial score (nSPS) is 32.3. The Labute approximate surface area is 176 Å². The molecule has 6 heterocycles. The van der Waals surface area contributed by atoms with Gasteiger partial charge in [-0.15, -0.1) is 0 Å². The van der Waals surface area contributed by atoms with Gasteiger partial charge in [0.05, 0.1) is 0 Å². The number of imidazole rings is 1. The van der Waals surface area contributed by atoms with Crippen molar-refractivity contribution in [2.75, 3.05) is 39.3 Å². The van der Waals surface area contributed by atoms with E-state index >= 15 is 0 Å². The minimum absolute atomic E-state index is 0.0606. The van der Waals surface area contributed by atoms with Gasteiger partial charge in [-0.2, -0.15) is 0 Å². The monoisotopic (exact) mass is 401 g/mol. The predicted molar refractivity (Wildman–Crippen MR) is 116 cm³/mol. The Morgan fingerprint density at radius 3 is 2.47 bits per heavy atom. The summed E-state index contributed by atoms with van der Waals surface area (Å²) in [6.07, 6.45) is 1.87. The summed E-state index contributed by atoms with van der Waals surface area (Å²) in [7, 11) is 0. The minimum atomic E-state index is -0.0797. The molecule has 1 aromatic carbocycles. The summed E-state index contributed by atoms with van der Waals surface area (Å²) >= 11 is 0. The molecule has 6 heteroatoms. The van der Waals surface area contributed by atoms with Crippen LogP contribution in [-0.4, -0.2) is 70.4 Å². The lowest BCUT2D eigenvalue weighted by molar-refractivity contribution is 0.0179. The number of rotatable bonds is 3. The van der Waals surface area contributed by atoms with Gasteiger partial charge < -0.3 is 19.5 Å². The van der Waals surface area contributed by atoms with E-state index in [0.29, 0.717) is 11.6 Å². The second-order valence-corrected chi connectivity index (χ2v) is 9.23. The van der Waals surface area contributed by atoms with E-state index in [2.05, 4.69) is 50.4 Å². The van der Waals surface area contributed by atoms with Crippen molar-refractivity contribution in [1.29, 1.82) is 0 Å². The van der Waals surface area contributed by atoms with Gasteiger partial charge in [-0.05, 0) is 24.6 Å². The van der Waals surface area contributed by atoms with E-state index in [-0.39, 0.29) is 17.4 Å². The second kappa shape index (κ2) is 6.65. The van der Waals surface area contributed by atoms with Crippen LogP contribution in [0.3, 0.4) is 0 Å². The fourth-order valence-electron chi connectivity index (χ4n) is 6.04. The number of aromatic nitrogens is 2. The SMILES string of the molecule is Cc1cccc2nc(C(=O)N[C@@H]3C4CN5CCN(C4)CC3(c3ccccc3)C5)cn12. The van der Waals surface area contributed by atoms with Gasteiger partial charge in [-0.1, -0.05) is 36.4 Å². The lowest BCUT2D eigenvalue weighted by Crippen LogP contribution is -2.70. The summed E-state index contributed by atoms with van der Waals surface area (Å²) in [5.74, 6) is 0.368. The molecule has 3 aromatic rings. The number of hydrogen-bond donors (Lipinski definition) is 1. The van der Waals surface area contributed by atoms with Crippen molar-refractivity contribution in [1.82, 2.24) is 24.5 Å². The van der Waals surface area contributed by atoms with Crippen LogP contribution in [0.4, 0.5) is 0 Å². The summed E-state index contributed by atoms with van der Waals surface area (Å²) in [4.78, 5) is 23.2. The predicted octanol–water partition coefficient (Wildman–Crippen LogP) is 1.94. The molecule has 0 aliphatic carbocycles. The molecule has 6 nitrogen and oxygen atoms in total. The lowest BCUT2D eigenvalue weighted by Gasteiger charge is -2.55. The molecule has 1 amide bonds. The zero-order valence-corrected chi connectivity index (χ0v) is 17.3. The highest BCUT2D eigenvalue weighted by Gasteiger charge is 2.55. The molecule has 4 fully saturated rings. The van der Waals surface area contributed by atoms with Gasteiger partial charge >= 0.3 is 0 Å². The van der Waals surface area contributed by atoms with Crippen LogP contribution in [0, 0.1) is 12.8 Å². The Kier molecular flexibility index (Phi) is 4.01. The van der Waals surface area contributed by atoms with Crippen LogP contribution < -0.4 is 5.32 Å². The van der Waals surface area contributed by atoms with Crippen LogP contribution in [0.5, 0.6) is 0 Å². The van der Waals surface area contributed by atoms with E-state index in [4.69, 9.17) is 0 Å². The average molecular weight is 402 g/mol. The lowest BCUT2D eigenvalue weighted by atomic mass is 9.64. The molecule has 3 atom stereocenters. The van der Waals surface area contributed by atoms with Gasteiger partial charge in [0.2, 0.25) is 0 Å². The Bertz CT molecular complexity index is 1090. The summed E-state index contributed by atoms with van der Waals surface area (Å²) in [6.45, 7) is 8.39.